The second-order valence-corrected chi connectivity index (χ2v) is 10.6. The summed E-state index contributed by atoms with van der Waals surface area (Å²) in [7, 11) is 0. The summed E-state index contributed by atoms with van der Waals surface area (Å²) in [6.07, 6.45) is 0.943. The summed E-state index contributed by atoms with van der Waals surface area (Å²) in [5.41, 5.74) is 3.55. The van der Waals surface area contributed by atoms with E-state index in [2.05, 4.69) is 54.7 Å². The van der Waals surface area contributed by atoms with E-state index >= 15 is 0 Å². The van der Waals surface area contributed by atoms with E-state index < -0.39 is 18.2 Å². The third-order valence-electron chi connectivity index (χ3n) is 7.46. The zero-order chi connectivity index (χ0) is 30.0. The first-order valence-electron chi connectivity index (χ1n) is 13.9. The summed E-state index contributed by atoms with van der Waals surface area (Å²) in [6.45, 7) is 3.63. The second kappa shape index (κ2) is 11.8. The molecule has 1 unspecified atom stereocenters. The van der Waals surface area contributed by atoms with Gasteiger partial charge >= 0.3 is 6.18 Å². The normalized spacial score (nSPS) is 15.3. The Morgan fingerprint density at radius 1 is 1.16 bits per heavy atom. The van der Waals surface area contributed by atoms with E-state index in [0.29, 0.717) is 17.0 Å². The SMILES string of the molecule is Cc1cc[nH]c1C#Cc1cc2cnc(Nc3ccc(C4CCCNC4)cc3)nc2n(Cc2cnoc2CC(F)(F)F)c1=O. The number of rotatable bonds is 6. The largest absolute Gasteiger partial charge is 0.396 e. The highest BCUT2D eigenvalue weighted by atomic mass is 19.4. The first kappa shape index (κ1) is 28.2. The maximum atomic E-state index is 13.7. The molecule has 4 aromatic heterocycles. The summed E-state index contributed by atoms with van der Waals surface area (Å²) < 4.78 is 45.7. The minimum atomic E-state index is -4.51. The van der Waals surface area contributed by atoms with Crippen LogP contribution in [0.4, 0.5) is 24.8 Å². The Kier molecular flexibility index (Phi) is 7.73. The third kappa shape index (κ3) is 6.47. The van der Waals surface area contributed by atoms with Crippen LogP contribution in [0.3, 0.4) is 0 Å². The molecular weight excluding hydrogens is 559 g/mol. The van der Waals surface area contributed by atoms with Crippen molar-refractivity contribution in [1.82, 2.24) is 30.0 Å². The zero-order valence-electron chi connectivity index (χ0n) is 23.3. The number of piperidine rings is 1. The van der Waals surface area contributed by atoms with E-state index in [-0.39, 0.29) is 35.0 Å². The molecule has 6 rings (SSSR count). The van der Waals surface area contributed by atoms with E-state index in [0.717, 1.165) is 37.2 Å². The molecule has 1 atom stereocenters. The molecule has 9 nitrogen and oxygen atoms in total. The Bertz CT molecular complexity index is 1870. The van der Waals surface area contributed by atoms with E-state index in [4.69, 9.17) is 4.52 Å². The third-order valence-corrected chi connectivity index (χ3v) is 7.46. The van der Waals surface area contributed by atoms with Gasteiger partial charge in [0.2, 0.25) is 5.95 Å². The van der Waals surface area contributed by atoms with Crippen LogP contribution in [0.15, 0.2) is 64.3 Å². The number of hydrogen-bond acceptors (Lipinski definition) is 7. The van der Waals surface area contributed by atoms with Gasteiger partial charge in [0, 0.05) is 35.6 Å². The lowest BCUT2D eigenvalue weighted by Gasteiger charge is -2.23. The van der Waals surface area contributed by atoms with Gasteiger partial charge in [-0.25, -0.2) is 4.98 Å². The predicted molar refractivity (Wildman–Crippen MR) is 155 cm³/mol. The standard InChI is InChI=1S/C31H28F3N7O2/c1-19-10-12-36-26(19)9-6-21-13-23-16-37-30(39-25-7-4-20(5-8-25)22-3-2-11-35-15-22)40-28(23)41(29(21)42)18-24-17-38-43-27(24)14-31(32,33)34/h4-5,7-8,10,12-13,16-17,22,35-36H,2-3,11,14-15,18H2,1H3,(H,37,39,40). The molecule has 0 aliphatic carbocycles. The van der Waals surface area contributed by atoms with Crippen molar-refractivity contribution < 1.29 is 17.7 Å². The van der Waals surface area contributed by atoms with E-state index in [1.165, 1.54) is 16.3 Å². The van der Waals surface area contributed by atoms with Gasteiger partial charge < -0.3 is 20.1 Å². The molecule has 0 bridgehead atoms. The zero-order valence-corrected chi connectivity index (χ0v) is 23.3. The molecule has 1 aliphatic heterocycles. The number of hydrogen-bond donors (Lipinski definition) is 3. The topological polar surface area (TPSA) is 114 Å². The van der Waals surface area contributed by atoms with Gasteiger partial charge in [-0.1, -0.05) is 23.2 Å². The van der Waals surface area contributed by atoms with Crippen molar-refractivity contribution >= 4 is 22.7 Å². The molecule has 0 radical (unpaired) electrons. The Morgan fingerprint density at radius 3 is 2.72 bits per heavy atom. The first-order chi connectivity index (χ1) is 20.7. The highest BCUT2D eigenvalue weighted by Crippen LogP contribution is 2.26. The molecule has 0 saturated carbocycles. The molecule has 1 saturated heterocycles. The van der Waals surface area contributed by atoms with E-state index in [1.54, 1.807) is 18.5 Å². The summed E-state index contributed by atoms with van der Waals surface area (Å²) in [6, 6.07) is 11.5. The van der Waals surface area contributed by atoms with Crippen molar-refractivity contribution in [2.24, 2.45) is 0 Å². The number of fused-ring (bicyclic) bond motifs is 1. The molecule has 43 heavy (non-hydrogen) atoms. The number of aromatic amines is 1. The quantitative estimate of drug-likeness (QED) is 0.235. The van der Waals surface area contributed by atoms with Crippen LogP contribution in [-0.4, -0.2) is 43.9 Å². The van der Waals surface area contributed by atoms with Crippen LogP contribution >= 0.6 is 0 Å². The average Bonchev–Trinajstić information content (AvgIpc) is 3.61. The van der Waals surface area contributed by atoms with Crippen molar-refractivity contribution in [3.8, 4) is 11.8 Å². The van der Waals surface area contributed by atoms with Crippen LogP contribution < -0.4 is 16.2 Å². The molecule has 5 aromatic rings. The second-order valence-electron chi connectivity index (χ2n) is 10.6. The van der Waals surface area contributed by atoms with Crippen LogP contribution in [0.2, 0.25) is 0 Å². The van der Waals surface area contributed by atoms with Gasteiger partial charge in [0.15, 0.2) is 5.76 Å². The van der Waals surface area contributed by atoms with Crippen molar-refractivity contribution in [2.45, 2.75) is 44.8 Å². The van der Waals surface area contributed by atoms with Gasteiger partial charge in [-0.3, -0.25) is 9.36 Å². The van der Waals surface area contributed by atoms with Gasteiger partial charge in [0.05, 0.1) is 24.0 Å². The number of halogens is 3. The maximum absolute atomic E-state index is 13.7. The Labute approximate surface area is 244 Å². The average molecular weight is 588 g/mol. The number of H-pyrrole nitrogens is 1. The van der Waals surface area contributed by atoms with Crippen molar-refractivity contribution in [3.05, 3.63) is 99.1 Å². The number of nitrogens with one attached hydrogen (secondary N) is 3. The van der Waals surface area contributed by atoms with Gasteiger partial charge in [-0.2, -0.15) is 18.2 Å². The molecule has 0 spiro atoms. The molecule has 1 aromatic carbocycles. The number of anilines is 2. The summed E-state index contributed by atoms with van der Waals surface area (Å²) in [4.78, 5) is 25.7. The lowest BCUT2D eigenvalue weighted by molar-refractivity contribution is -0.130. The lowest BCUT2D eigenvalue weighted by Crippen LogP contribution is -2.28. The molecule has 220 valence electrons. The molecule has 0 amide bonds. The number of aryl methyl sites for hydroxylation is 1. The number of nitrogens with zero attached hydrogens (tertiary/aromatic N) is 4. The van der Waals surface area contributed by atoms with Crippen molar-refractivity contribution in [3.63, 3.8) is 0 Å². The van der Waals surface area contributed by atoms with Gasteiger partial charge in [0.1, 0.15) is 12.1 Å². The van der Waals surface area contributed by atoms with Crippen LogP contribution in [0.5, 0.6) is 0 Å². The minimum absolute atomic E-state index is 0.118. The van der Waals surface area contributed by atoms with E-state index in [9.17, 15) is 18.0 Å². The fourth-order valence-corrected chi connectivity index (χ4v) is 5.18. The number of pyridine rings is 1. The summed E-state index contributed by atoms with van der Waals surface area (Å²) in [5, 5.41) is 10.7. The number of benzene rings is 1. The lowest BCUT2D eigenvalue weighted by atomic mass is 9.92. The monoisotopic (exact) mass is 587 g/mol. The predicted octanol–water partition coefficient (Wildman–Crippen LogP) is 5.18. The van der Waals surface area contributed by atoms with Crippen LogP contribution in [-0.2, 0) is 13.0 Å². The van der Waals surface area contributed by atoms with Gasteiger partial charge in [-0.05, 0) is 73.5 Å². The van der Waals surface area contributed by atoms with Gasteiger partial charge in [0.25, 0.3) is 5.56 Å². The van der Waals surface area contributed by atoms with Crippen LogP contribution in [0.1, 0.15) is 52.5 Å². The van der Waals surface area contributed by atoms with Crippen LogP contribution in [0, 0.1) is 18.8 Å². The molecule has 12 heteroatoms. The molecule has 1 aliphatic rings. The van der Waals surface area contributed by atoms with Crippen LogP contribution in [0.25, 0.3) is 11.0 Å². The Morgan fingerprint density at radius 2 is 2.00 bits per heavy atom. The first-order valence-corrected chi connectivity index (χ1v) is 13.9. The number of aromatic nitrogens is 5. The maximum Gasteiger partial charge on any atom is 0.396 e. The van der Waals surface area contributed by atoms with E-state index in [1.807, 2.05) is 25.1 Å². The summed E-state index contributed by atoms with van der Waals surface area (Å²) >= 11 is 0. The van der Waals surface area contributed by atoms with Gasteiger partial charge in [-0.15, -0.1) is 0 Å². The van der Waals surface area contributed by atoms with Crippen molar-refractivity contribution in [2.75, 3.05) is 18.4 Å². The molecular formula is C31H28F3N7O2. The van der Waals surface area contributed by atoms with Crippen molar-refractivity contribution in [1.29, 1.82) is 0 Å². The molecule has 1 fully saturated rings. The summed E-state index contributed by atoms with van der Waals surface area (Å²) in [5.74, 6) is 6.19. The Balaban J connectivity index is 1.37. The number of alkyl halides is 3. The smallest absolute Gasteiger partial charge is 0.361 e. The molecule has 3 N–H and O–H groups in total. The highest BCUT2D eigenvalue weighted by Gasteiger charge is 2.31. The highest BCUT2D eigenvalue weighted by molar-refractivity contribution is 5.77. The minimum Gasteiger partial charge on any atom is -0.361 e. The molecule has 5 heterocycles. The fourth-order valence-electron chi connectivity index (χ4n) is 5.18. The fraction of sp³-hybridized carbons (Fsp3) is 0.290. The Hall–Kier alpha value is -4.89.